The van der Waals surface area contributed by atoms with Gasteiger partial charge >= 0.3 is 11.5 Å². The highest BCUT2D eigenvalue weighted by atomic mass is 32.2. The van der Waals surface area contributed by atoms with E-state index in [2.05, 4.69) is 4.98 Å². The van der Waals surface area contributed by atoms with E-state index in [0.29, 0.717) is 23.4 Å². The molecule has 0 spiro atoms. The predicted octanol–water partition coefficient (Wildman–Crippen LogP) is 4.91. The average Bonchev–Trinajstić information content (AvgIpc) is 2.98. The summed E-state index contributed by atoms with van der Waals surface area (Å²) in [5.41, 5.74) is -6.19. The number of carbonyl (C=O) groups excluding carboxylic acids is 2. The van der Waals surface area contributed by atoms with Gasteiger partial charge in [0.15, 0.2) is 0 Å². The van der Waals surface area contributed by atoms with Crippen LogP contribution in [0.1, 0.15) is 19.4 Å². The number of benzene rings is 2. The smallest absolute Gasteiger partial charge is 0.439 e. The molecule has 0 unspecified atom stereocenters. The number of nitrogens with zero attached hydrogens (tertiary/aromatic N) is 3. The molecule has 3 amide bonds. The Balaban J connectivity index is 1.58. The molecule has 1 aromatic heterocycles. The number of imide groups is 1. The molecule has 2 aromatic carbocycles. The van der Waals surface area contributed by atoms with Crippen LogP contribution in [0.5, 0.6) is 11.6 Å². The van der Waals surface area contributed by atoms with Crippen LogP contribution < -0.4 is 9.64 Å². The van der Waals surface area contributed by atoms with Gasteiger partial charge in [-0.3, -0.25) is 4.79 Å². The van der Waals surface area contributed by atoms with E-state index in [-0.39, 0.29) is 18.1 Å². The standard InChI is InChI=1S/C24H20F3N3O5S/c1-23(2)21(31)30(17-8-10-19(11-9-17)36(33,34)24(25,26)27)22(32)29(23)15-16-12-13-28-20(14-16)35-18-6-4-3-5-7-18/h3-14H,15H2,1-2H3. The monoisotopic (exact) mass is 519 g/mol. The van der Waals surface area contributed by atoms with Crippen molar-refractivity contribution in [1.82, 2.24) is 9.88 Å². The molecule has 0 bridgehead atoms. The summed E-state index contributed by atoms with van der Waals surface area (Å²) in [6.07, 6.45) is 1.50. The van der Waals surface area contributed by atoms with Crippen molar-refractivity contribution in [3.63, 3.8) is 0 Å². The van der Waals surface area contributed by atoms with Crippen molar-refractivity contribution in [3.8, 4) is 11.6 Å². The van der Waals surface area contributed by atoms with Crippen LogP contribution >= 0.6 is 0 Å². The van der Waals surface area contributed by atoms with Crippen molar-refractivity contribution in [3.05, 3.63) is 78.5 Å². The molecule has 8 nitrogen and oxygen atoms in total. The Morgan fingerprint density at radius 2 is 1.61 bits per heavy atom. The molecule has 1 saturated heterocycles. The Hall–Kier alpha value is -3.93. The highest BCUT2D eigenvalue weighted by Crippen LogP contribution is 2.36. The molecule has 12 heteroatoms. The van der Waals surface area contributed by atoms with Gasteiger partial charge in [-0.1, -0.05) is 18.2 Å². The van der Waals surface area contributed by atoms with Crippen molar-refractivity contribution in [2.45, 2.75) is 36.3 Å². The van der Waals surface area contributed by atoms with Crippen LogP contribution in [0.4, 0.5) is 23.7 Å². The first-order chi connectivity index (χ1) is 16.8. The average molecular weight is 520 g/mol. The fourth-order valence-electron chi connectivity index (χ4n) is 3.63. The Morgan fingerprint density at radius 3 is 2.22 bits per heavy atom. The summed E-state index contributed by atoms with van der Waals surface area (Å²) in [4.78, 5) is 31.6. The molecule has 188 valence electrons. The number of hydrogen-bond acceptors (Lipinski definition) is 6. The Bertz CT molecular complexity index is 1410. The third kappa shape index (κ3) is 4.51. The lowest BCUT2D eigenvalue weighted by Gasteiger charge is -2.27. The number of anilines is 1. The van der Waals surface area contributed by atoms with Crippen LogP contribution in [0.15, 0.2) is 77.8 Å². The highest BCUT2D eigenvalue weighted by molar-refractivity contribution is 7.92. The predicted molar refractivity (Wildman–Crippen MR) is 123 cm³/mol. The van der Waals surface area contributed by atoms with Crippen LogP contribution in [0.2, 0.25) is 0 Å². The van der Waals surface area contributed by atoms with Crippen LogP contribution in [0.25, 0.3) is 0 Å². The number of rotatable bonds is 6. The summed E-state index contributed by atoms with van der Waals surface area (Å²) in [6.45, 7) is 3.10. The minimum absolute atomic E-state index is 0.0162. The van der Waals surface area contributed by atoms with E-state index < -0.39 is 37.7 Å². The number of urea groups is 1. The van der Waals surface area contributed by atoms with Gasteiger partial charge in [-0.05, 0) is 61.9 Å². The molecule has 0 saturated carbocycles. The summed E-state index contributed by atoms with van der Waals surface area (Å²) in [5.74, 6) is 0.235. The van der Waals surface area contributed by atoms with Gasteiger partial charge < -0.3 is 9.64 Å². The molecule has 0 aliphatic carbocycles. The zero-order valence-electron chi connectivity index (χ0n) is 19.1. The van der Waals surface area contributed by atoms with Gasteiger partial charge in [0.1, 0.15) is 11.3 Å². The summed E-state index contributed by atoms with van der Waals surface area (Å²) in [5, 5.41) is 0. The summed E-state index contributed by atoms with van der Waals surface area (Å²) in [7, 11) is -5.56. The largest absolute Gasteiger partial charge is 0.501 e. The van der Waals surface area contributed by atoms with Crippen LogP contribution in [-0.4, -0.2) is 41.3 Å². The number of hydrogen-bond donors (Lipinski definition) is 0. The number of amides is 3. The lowest BCUT2D eigenvalue weighted by atomic mass is 10.0. The Morgan fingerprint density at radius 1 is 0.972 bits per heavy atom. The van der Waals surface area contributed by atoms with Crippen LogP contribution in [0, 0.1) is 0 Å². The third-order valence-electron chi connectivity index (χ3n) is 5.64. The molecule has 36 heavy (non-hydrogen) atoms. The zero-order chi connectivity index (χ0) is 26.3. The van der Waals surface area contributed by atoms with E-state index in [1.54, 1.807) is 36.4 Å². The Kier molecular flexibility index (Phi) is 6.25. The van der Waals surface area contributed by atoms with Gasteiger partial charge in [0.25, 0.3) is 15.7 Å². The molecule has 2 heterocycles. The maximum absolute atomic E-state index is 13.2. The van der Waals surface area contributed by atoms with Crippen molar-refractivity contribution >= 4 is 27.5 Å². The number of para-hydroxylation sites is 1. The first-order valence-corrected chi connectivity index (χ1v) is 12.1. The molecule has 1 fully saturated rings. The van der Waals surface area contributed by atoms with E-state index in [0.717, 1.165) is 17.0 Å². The first kappa shape index (κ1) is 25.2. The van der Waals surface area contributed by atoms with E-state index in [1.165, 1.54) is 24.9 Å². The van der Waals surface area contributed by atoms with Crippen molar-refractivity contribution in [2.24, 2.45) is 0 Å². The highest BCUT2D eigenvalue weighted by Gasteiger charge is 2.52. The van der Waals surface area contributed by atoms with E-state index in [4.69, 9.17) is 4.74 Å². The first-order valence-electron chi connectivity index (χ1n) is 10.6. The van der Waals surface area contributed by atoms with Gasteiger partial charge in [0.05, 0.1) is 10.6 Å². The molecular formula is C24H20F3N3O5S. The molecule has 0 radical (unpaired) electrons. The molecule has 1 aliphatic rings. The number of ether oxygens (including phenoxy) is 1. The van der Waals surface area contributed by atoms with E-state index in [9.17, 15) is 31.2 Å². The van der Waals surface area contributed by atoms with Crippen molar-refractivity contribution in [1.29, 1.82) is 0 Å². The normalized spacial score (nSPS) is 15.9. The molecule has 4 rings (SSSR count). The molecule has 0 atom stereocenters. The maximum Gasteiger partial charge on any atom is 0.501 e. The lowest BCUT2D eigenvalue weighted by molar-refractivity contribution is -0.123. The van der Waals surface area contributed by atoms with Crippen LogP contribution in [0.3, 0.4) is 0 Å². The number of carbonyl (C=O) groups is 2. The number of pyridine rings is 1. The number of aromatic nitrogens is 1. The number of sulfone groups is 1. The van der Waals surface area contributed by atoms with Gasteiger partial charge in [-0.15, -0.1) is 0 Å². The fraction of sp³-hybridized carbons (Fsp3) is 0.208. The number of halogens is 3. The molecular weight excluding hydrogens is 499 g/mol. The van der Waals surface area contributed by atoms with Gasteiger partial charge in [-0.2, -0.15) is 13.2 Å². The van der Waals surface area contributed by atoms with Crippen LogP contribution in [-0.2, 0) is 21.2 Å². The molecule has 1 aliphatic heterocycles. The van der Waals surface area contributed by atoms with Gasteiger partial charge in [0.2, 0.25) is 5.88 Å². The summed E-state index contributed by atoms with van der Waals surface area (Å²) in [6, 6.07) is 14.9. The van der Waals surface area contributed by atoms with Crippen molar-refractivity contribution in [2.75, 3.05) is 4.90 Å². The minimum atomic E-state index is -5.56. The van der Waals surface area contributed by atoms with E-state index in [1.807, 2.05) is 6.07 Å². The van der Waals surface area contributed by atoms with E-state index >= 15 is 0 Å². The zero-order valence-corrected chi connectivity index (χ0v) is 19.9. The quantitative estimate of drug-likeness (QED) is 0.429. The Labute approximate surface area is 204 Å². The van der Waals surface area contributed by atoms with Gasteiger partial charge in [-0.25, -0.2) is 23.1 Å². The number of alkyl halides is 3. The second-order valence-corrected chi connectivity index (χ2v) is 10.4. The maximum atomic E-state index is 13.2. The molecule has 3 aromatic rings. The lowest BCUT2D eigenvalue weighted by Crippen LogP contribution is -2.43. The second-order valence-electron chi connectivity index (χ2n) is 8.43. The SMILES string of the molecule is CC1(C)C(=O)N(c2ccc(S(=O)(=O)C(F)(F)F)cc2)C(=O)N1Cc1ccnc(Oc2ccccc2)c1. The summed E-state index contributed by atoms with van der Waals surface area (Å²) < 4.78 is 67.4. The fourth-order valence-corrected chi connectivity index (χ4v) is 4.39. The molecule has 0 N–H and O–H groups in total. The summed E-state index contributed by atoms with van der Waals surface area (Å²) >= 11 is 0. The topological polar surface area (TPSA) is 96.9 Å². The van der Waals surface area contributed by atoms with Crippen molar-refractivity contribution < 1.29 is 35.9 Å². The van der Waals surface area contributed by atoms with Gasteiger partial charge in [0, 0.05) is 18.8 Å². The second kappa shape index (κ2) is 8.94. The third-order valence-corrected chi connectivity index (χ3v) is 7.14. The minimum Gasteiger partial charge on any atom is -0.439 e.